The Balaban J connectivity index is 1.56. The topological polar surface area (TPSA) is 100 Å². The van der Waals surface area contributed by atoms with Crippen LogP contribution in [0.4, 0.5) is 30.8 Å². The van der Waals surface area contributed by atoms with E-state index in [-0.39, 0.29) is 5.82 Å². The van der Waals surface area contributed by atoms with Crippen LogP contribution < -0.4 is 15.0 Å². The molecule has 2 fully saturated rings. The number of methoxy groups -OCH3 is 1. The summed E-state index contributed by atoms with van der Waals surface area (Å²) < 4.78 is 40.0. The van der Waals surface area contributed by atoms with Gasteiger partial charge in [0.05, 0.1) is 24.9 Å². The number of aromatic hydroxyl groups is 1. The Morgan fingerprint density at radius 1 is 1.21 bits per heavy atom. The van der Waals surface area contributed by atoms with Crippen LogP contribution in [0.1, 0.15) is 12.8 Å². The number of benzene rings is 2. The standard InChI is InChI=1S/C23H23F2N5O4/c1-29-7-5-23(6-8-29)11-30(22(32)34-23)16-9-13-15(10-18(16)33-2)26-12-27-21(13)28-20-14(24)3-4-17(31)19(20)25/h3-4,9-10,12,31H,5-8,11H2,1-2H3,(H,26,27,28). The molecule has 2 saturated heterocycles. The van der Waals surface area contributed by atoms with E-state index in [1.807, 2.05) is 7.05 Å². The Bertz CT molecular complexity index is 1280. The zero-order valence-electron chi connectivity index (χ0n) is 18.6. The molecule has 2 aromatic carbocycles. The molecule has 5 rings (SSSR count). The molecule has 2 N–H and O–H groups in total. The number of fused-ring (bicyclic) bond motifs is 1. The number of phenols is 1. The van der Waals surface area contributed by atoms with Crippen molar-refractivity contribution in [2.45, 2.75) is 18.4 Å². The second-order valence-corrected chi connectivity index (χ2v) is 8.58. The van der Waals surface area contributed by atoms with Crippen molar-refractivity contribution in [1.82, 2.24) is 14.9 Å². The lowest BCUT2D eigenvalue weighted by Crippen LogP contribution is -2.45. The first-order valence-electron chi connectivity index (χ1n) is 10.8. The summed E-state index contributed by atoms with van der Waals surface area (Å²) >= 11 is 0. The fourth-order valence-corrected chi connectivity index (χ4v) is 4.42. The fourth-order valence-electron chi connectivity index (χ4n) is 4.42. The van der Waals surface area contributed by atoms with Gasteiger partial charge in [0.25, 0.3) is 0 Å². The summed E-state index contributed by atoms with van der Waals surface area (Å²) in [7, 11) is 3.51. The third-order valence-corrected chi connectivity index (χ3v) is 6.41. The van der Waals surface area contributed by atoms with Crippen molar-refractivity contribution in [2.75, 3.05) is 44.0 Å². The molecule has 3 heterocycles. The maximum Gasteiger partial charge on any atom is 0.415 e. The SMILES string of the molecule is COc1cc2ncnc(Nc3c(F)ccc(O)c3F)c2cc1N1CC2(CCN(C)CC2)OC1=O. The summed E-state index contributed by atoms with van der Waals surface area (Å²) in [5, 5.41) is 12.7. The van der Waals surface area contributed by atoms with Gasteiger partial charge in [0.1, 0.15) is 35.0 Å². The van der Waals surface area contributed by atoms with Crippen LogP contribution in [0, 0.1) is 11.6 Å². The van der Waals surface area contributed by atoms with E-state index in [4.69, 9.17) is 9.47 Å². The Labute approximate surface area is 193 Å². The first kappa shape index (κ1) is 22.1. The van der Waals surface area contributed by atoms with Crippen molar-refractivity contribution >= 4 is 34.2 Å². The zero-order chi connectivity index (χ0) is 24.0. The molecular weight excluding hydrogens is 448 g/mol. The molecule has 2 aliphatic rings. The van der Waals surface area contributed by atoms with Crippen molar-refractivity contribution < 1.29 is 28.2 Å². The quantitative estimate of drug-likeness (QED) is 0.593. The average molecular weight is 471 g/mol. The van der Waals surface area contributed by atoms with Crippen molar-refractivity contribution in [1.29, 1.82) is 0 Å². The molecule has 0 aliphatic carbocycles. The molecule has 0 radical (unpaired) electrons. The fraction of sp³-hybridized carbons (Fsp3) is 0.348. The highest BCUT2D eigenvalue weighted by atomic mass is 19.1. The zero-order valence-corrected chi connectivity index (χ0v) is 18.6. The number of ether oxygens (including phenoxy) is 2. The van der Waals surface area contributed by atoms with Crippen LogP contribution in [0.25, 0.3) is 10.9 Å². The average Bonchev–Trinajstić information content (AvgIpc) is 3.16. The van der Waals surface area contributed by atoms with Crippen LogP contribution >= 0.6 is 0 Å². The van der Waals surface area contributed by atoms with E-state index in [1.54, 1.807) is 12.1 Å². The van der Waals surface area contributed by atoms with Crippen LogP contribution in [-0.2, 0) is 4.74 Å². The maximum absolute atomic E-state index is 14.4. The van der Waals surface area contributed by atoms with Gasteiger partial charge in [-0.05, 0) is 25.2 Å². The number of nitrogens with one attached hydrogen (secondary N) is 1. The second kappa shape index (κ2) is 8.24. The van der Waals surface area contributed by atoms with Gasteiger partial charge in [-0.25, -0.2) is 23.5 Å². The number of carbonyl (C=O) groups is 1. The Hall–Kier alpha value is -3.73. The van der Waals surface area contributed by atoms with Crippen molar-refractivity contribution in [3.05, 3.63) is 42.2 Å². The lowest BCUT2D eigenvalue weighted by atomic mass is 9.91. The third-order valence-electron chi connectivity index (χ3n) is 6.41. The minimum Gasteiger partial charge on any atom is -0.505 e. The molecule has 1 amide bonds. The number of hydrogen-bond donors (Lipinski definition) is 2. The van der Waals surface area contributed by atoms with E-state index < -0.39 is 34.8 Å². The number of carbonyl (C=O) groups excluding carboxylic acids is 1. The van der Waals surface area contributed by atoms with E-state index >= 15 is 0 Å². The Morgan fingerprint density at radius 3 is 2.71 bits per heavy atom. The lowest BCUT2D eigenvalue weighted by molar-refractivity contribution is 0.00678. The van der Waals surface area contributed by atoms with Crippen LogP contribution in [-0.4, -0.2) is 65.5 Å². The van der Waals surface area contributed by atoms with Gasteiger partial charge in [-0.15, -0.1) is 0 Å². The third kappa shape index (κ3) is 3.71. The number of amides is 1. The molecule has 0 atom stereocenters. The largest absolute Gasteiger partial charge is 0.505 e. The monoisotopic (exact) mass is 471 g/mol. The highest BCUT2D eigenvalue weighted by Gasteiger charge is 2.47. The van der Waals surface area contributed by atoms with Crippen molar-refractivity contribution in [3.63, 3.8) is 0 Å². The molecular formula is C23H23F2N5O4. The van der Waals surface area contributed by atoms with Gasteiger partial charge < -0.3 is 24.8 Å². The van der Waals surface area contributed by atoms with Crippen molar-refractivity contribution in [3.8, 4) is 11.5 Å². The second-order valence-electron chi connectivity index (χ2n) is 8.58. The van der Waals surface area contributed by atoms with Crippen LogP contribution in [0.15, 0.2) is 30.6 Å². The van der Waals surface area contributed by atoms with E-state index in [1.165, 1.54) is 18.3 Å². The predicted molar refractivity (Wildman–Crippen MR) is 121 cm³/mol. The highest BCUT2D eigenvalue weighted by Crippen LogP contribution is 2.41. The van der Waals surface area contributed by atoms with Crippen LogP contribution in [0.3, 0.4) is 0 Å². The predicted octanol–water partition coefficient (Wildman–Crippen LogP) is 3.79. The molecule has 0 unspecified atom stereocenters. The van der Waals surface area contributed by atoms with E-state index in [2.05, 4.69) is 20.2 Å². The molecule has 3 aromatic rings. The summed E-state index contributed by atoms with van der Waals surface area (Å²) in [5.74, 6) is -2.25. The smallest absolute Gasteiger partial charge is 0.415 e. The number of phenolic OH excluding ortho intramolecular Hbond substituents is 1. The normalized spacial score (nSPS) is 17.9. The van der Waals surface area contributed by atoms with Gasteiger partial charge in [0.15, 0.2) is 11.6 Å². The van der Waals surface area contributed by atoms with Gasteiger partial charge in [-0.1, -0.05) is 0 Å². The number of hydrogen-bond acceptors (Lipinski definition) is 8. The van der Waals surface area contributed by atoms with E-state index in [9.17, 15) is 18.7 Å². The molecule has 9 nitrogen and oxygen atoms in total. The minimum absolute atomic E-state index is 0.0962. The van der Waals surface area contributed by atoms with Crippen LogP contribution in [0.2, 0.25) is 0 Å². The summed E-state index contributed by atoms with van der Waals surface area (Å²) in [6, 6.07) is 5.12. The number of piperidine rings is 1. The van der Waals surface area contributed by atoms with Gasteiger partial charge in [0, 0.05) is 37.4 Å². The lowest BCUT2D eigenvalue weighted by Gasteiger charge is -2.35. The van der Waals surface area contributed by atoms with Gasteiger partial charge in [-0.3, -0.25) is 4.90 Å². The molecule has 178 valence electrons. The number of anilines is 3. The Morgan fingerprint density at radius 2 is 1.97 bits per heavy atom. The molecule has 0 bridgehead atoms. The molecule has 2 aliphatic heterocycles. The number of rotatable bonds is 4. The van der Waals surface area contributed by atoms with Gasteiger partial charge in [-0.2, -0.15) is 0 Å². The first-order valence-corrected chi connectivity index (χ1v) is 10.8. The summed E-state index contributed by atoms with van der Waals surface area (Å²) in [6.07, 6.45) is 2.18. The van der Waals surface area contributed by atoms with Crippen molar-refractivity contribution in [2.24, 2.45) is 0 Å². The number of aromatic nitrogens is 2. The molecule has 1 aromatic heterocycles. The minimum atomic E-state index is -1.15. The van der Waals surface area contributed by atoms with E-state index in [0.29, 0.717) is 41.7 Å². The van der Waals surface area contributed by atoms with Gasteiger partial charge >= 0.3 is 6.09 Å². The molecule has 1 spiro atoms. The number of likely N-dealkylation sites (tertiary alicyclic amines) is 1. The summed E-state index contributed by atoms with van der Waals surface area (Å²) in [5.41, 5.74) is -0.263. The summed E-state index contributed by atoms with van der Waals surface area (Å²) in [4.78, 5) is 24.9. The van der Waals surface area contributed by atoms with E-state index in [0.717, 1.165) is 25.2 Å². The maximum atomic E-state index is 14.4. The molecule has 0 saturated carbocycles. The molecule has 34 heavy (non-hydrogen) atoms. The van der Waals surface area contributed by atoms with Gasteiger partial charge in [0.2, 0.25) is 0 Å². The number of halogens is 2. The highest BCUT2D eigenvalue weighted by molar-refractivity contribution is 6.00. The van der Waals surface area contributed by atoms with Crippen LogP contribution in [0.5, 0.6) is 11.5 Å². The first-order chi connectivity index (χ1) is 16.3. The Kier molecular flexibility index (Phi) is 5.35. The number of nitrogens with zero attached hydrogens (tertiary/aromatic N) is 4. The summed E-state index contributed by atoms with van der Waals surface area (Å²) in [6.45, 7) is 1.99. The molecule has 11 heteroatoms.